The summed E-state index contributed by atoms with van der Waals surface area (Å²) in [5.74, 6) is 2.95. The number of hydrogen-bond donors (Lipinski definition) is 3. The van der Waals surface area contributed by atoms with Gasteiger partial charge in [-0.15, -0.1) is 24.0 Å². The van der Waals surface area contributed by atoms with E-state index in [-0.39, 0.29) is 24.0 Å². The van der Waals surface area contributed by atoms with Crippen molar-refractivity contribution in [2.45, 2.75) is 38.1 Å². The number of guanidine groups is 1. The van der Waals surface area contributed by atoms with E-state index in [4.69, 9.17) is 4.42 Å². The molecule has 3 rings (SSSR count). The molecule has 0 atom stereocenters. The van der Waals surface area contributed by atoms with Gasteiger partial charge in [-0.2, -0.15) is 5.10 Å². The molecule has 0 amide bonds. The molecule has 1 aliphatic carbocycles. The van der Waals surface area contributed by atoms with Crippen LogP contribution in [-0.4, -0.2) is 40.8 Å². The first-order chi connectivity index (χ1) is 10.8. The van der Waals surface area contributed by atoms with E-state index in [0.29, 0.717) is 17.6 Å². The van der Waals surface area contributed by atoms with Crippen LogP contribution in [0.4, 0.5) is 0 Å². The Morgan fingerprint density at radius 3 is 2.96 bits per heavy atom. The third kappa shape index (κ3) is 4.95. The number of H-pyrrole nitrogens is 1. The molecule has 8 heteroatoms. The molecule has 1 saturated carbocycles. The molecule has 0 unspecified atom stereocenters. The SMILES string of the molecule is CN=C(NCCc1nc(-c2ccco2)n[nH]1)NC1CCCC1.I. The van der Waals surface area contributed by atoms with Crippen LogP contribution in [0.5, 0.6) is 0 Å². The molecule has 0 aliphatic heterocycles. The molecule has 2 aromatic rings. The Kier molecular flexibility index (Phi) is 6.87. The predicted octanol–water partition coefficient (Wildman–Crippen LogP) is 2.33. The number of halogens is 1. The van der Waals surface area contributed by atoms with E-state index in [1.54, 1.807) is 13.3 Å². The van der Waals surface area contributed by atoms with Gasteiger partial charge in [0.25, 0.3) is 0 Å². The number of furan rings is 1. The van der Waals surface area contributed by atoms with Crippen molar-refractivity contribution in [2.24, 2.45) is 4.99 Å². The predicted molar refractivity (Wildman–Crippen MR) is 100.0 cm³/mol. The molecule has 2 heterocycles. The van der Waals surface area contributed by atoms with Gasteiger partial charge in [-0.1, -0.05) is 12.8 Å². The van der Waals surface area contributed by atoms with E-state index < -0.39 is 0 Å². The Labute approximate surface area is 152 Å². The van der Waals surface area contributed by atoms with Crippen LogP contribution in [0.1, 0.15) is 31.5 Å². The van der Waals surface area contributed by atoms with Crippen LogP contribution in [0, 0.1) is 0 Å². The average molecular weight is 430 g/mol. The fourth-order valence-electron chi connectivity index (χ4n) is 2.68. The van der Waals surface area contributed by atoms with Gasteiger partial charge in [0.05, 0.1) is 6.26 Å². The zero-order chi connectivity index (χ0) is 15.2. The lowest BCUT2D eigenvalue weighted by molar-refractivity contribution is 0.577. The van der Waals surface area contributed by atoms with Gasteiger partial charge in [0, 0.05) is 26.1 Å². The van der Waals surface area contributed by atoms with Crippen molar-refractivity contribution in [3.63, 3.8) is 0 Å². The first-order valence-electron chi connectivity index (χ1n) is 7.77. The van der Waals surface area contributed by atoms with Crippen LogP contribution in [-0.2, 0) is 6.42 Å². The van der Waals surface area contributed by atoms with E-state index in [1.165, 1.54) is 25.7 Å². The zero-order valence-electron chi connectivity index (χ0n) is 13.2. The van der Waals surface area contributed by atoms with E-state index in [2.05, 4.69) is 30.8 Å². The topological polar surface area (TPSA) is 91.1 Å². The lowest BCUT2D eigenvalue weighted by Gasteiger charge is -2.16. The molecule has 0 radical (unpaired) electrons. The molecular formula is C15H23IN6O. The second-order valence-corrected chi connectivity index (χ2v) is 5.46. The van der Waals surface area contributed by atoms with E-state index in [9.17, 15) is 0 Å². The minimum Gasteiger partial charge on any atom is -0.461 e. The molecule has 1 aliphatic rings. The summed E-state index contributed by atoms with van der Waals surface area (Å²) in [6.07, 6.45) is 7.44. The molecule has 126 valence electrons. The Morgan fingerprint density at radius 1 is 1.43 bits per heavy atom. The van der Waals surface area contributed by atoms with Crippen LogP contribution in [0.25, 0.3) is 11.6 Å². The van der Waals surface area contributed by atoms with Crippen molar-refractivity contribution in [3.05, 3.63) is 24.2 Å². The van der Waals surface area contributed by atoms with Crippen molar-refractivity contribution in [2.75, 3.05) is 13.6 Å². The fourth-order valence-corrected chi connectivity index (χ4v) is 2.68. The molecule has 3 N–H and O–H groups in total. The normalized spacial score (nSPS) is 15.4. The Bertz CT molecular complexity index is 603. The quantitative estimate of drug-likeness (QED) is 0.385. The highest BCUT2D eigenvalue weighted by Crippen LogP contribution is 2.17. The number of aliphatic imine (C=N–C) groups is 1. The van der Waals surface area contributed by atoms with E-state index in [1.807, 2.05) is 12.1 Å². The van der Waals surface area contributed by atoms with Gasteiger partial charge in [-0.3, -0.25) is 10.1 Å². The Hall–Kier alpha value is -1.58. The van der Waals surface area contributed by atoms with Crippen molar-refractivity contribution in [1.82, 2.24) is 25.8 Å². The molecule has 23 heavy (non-hydrogen) atoms. The number of rotatable bonds is 5. The molecule has 0 spiro atoms. The highest BCUT2D eigenvalue weighted by Gasteiger charge is 2.15. The molecule has 2 aromatic heterocycles. The summed E-state index contributed by atoms with van der Waals surface area (Å²) in [5.41, 5.74) is 0. The monoisotopic (exact) mass is 430 g/mol. The molecule has 0 aromatic carbocycles. The summed E-state index contributed by atoms with van der Waals surface area (Å²) in [5, 5.41) is 13.9. The lowest BCUT2D eigenvalue weighted by atomic mass is 10.2. The molecule has 7 nitrogen and oxygen atoms in total. The summed E-state index contributed by atoms with van der Waals surface area (Å²) in [7, 11) is 1.80. The van der Waals surface area contributed by atoms with Gasteiger partial charge in [0.15, 0.2) is 11.7 Å². The first-order valence-corrected chi connectivity index (χ1v) is 7.77. The largest absolute Gasteiger partial charge is 0.461 e. The molecule has 0 bridgehead atoms. The van der Waals surface area contributed by atoms with E-state index >= 15 is 0 Å². The molecule has 0 saturated heterocycles. The van der Waals surface area contributed by atoms with Crippen LogP contribution in [0.15, 0.2) is 27.8 Å². The standard InChI is InChI=1S/C15H22N6O.HI/c1-16-15(18-11-5-2-3-6-11)17-9-8-13-19-14(21-20-13)12-7-4-10-22-12;/h4,7,10-11H,2-3,5-6,8-9H2,1H3,(H2,16,17,18)(H,19,20,21);1H. The fraction of sp³-hybridized carbons (Fsp3) is 0.533. The summed E-state index contributed by atoms with van der Waals surface area (Å²) in [4.78, 5) is 8.68. The number of aromatic nitrogens is 3. The second kappa shape index (κ2) is 8.90. The number of nitrogens with one attached hydrogen (secondary N) is 3. The van der Waals surface area contributed by atoms with Crippen molar-refractivity contribution < 1.29 is 4.42 Å². The molecule has 1 fully saturated rings. The number of hydrogen-bond acceptors (Lipinski definition) is 4. The van der Waals surface area contributed by atoms with Gasteiger partial charge in [0.2, 0.25) is 5.82 Å². The van der Waals surface area contributed by atoms with Crippen molar-refractivity contribution in [3.8, 4) is 11.6 Å². The van der Waals surface area contributed by atoms with E-state index in [0.717, 1.165) is 24.7 Å². The zero-order valence-corrected chi connectivity index (χ0v) is 15.5. The second-order valence-electron chi connectivity index (χ2n) is 5.46. The third-order valence-electron chi connectivity index (χ3n) is 3.85. The summed E-state index contributed by atoms with van der Waals surface area (Å²) in [6.45, 7) is 0.749. The number of aromatic amines is 1. The summed E-state index contributed by atoms with van der Waals surface area (Å²) < 4.78 is 5.28. The smallest absolute Gasteiger partial charge is 0.216 e. The van der Waals surface area contributed by atoms with Crippen LogP contribution < -0.4 is 10.6 Å². The number of nitrogens with zero attached hydrogens (tertiary/aromatic N) is 3. The van der Waals surface area contributed by atoms with Gasteiger partial charge < -0.3 is 15.1 Å². The van der Waals surface area contributed by atoms with Gasteiger partial charge in [0.1, 0.15) is 5.82 Å². The van der Waals surface area contributed by atoms with Crippen molar-refractivity contribution in [1.29, 1.82) is 0 Å². The first kappa shape index (κ1) is 17.8. The Balaban J connectivity index is 0.00000192. The lowest BCUT2D eigenvalue weighted by Crippen LogP contribution is -2.43. The highest BCUT2D eigenvalue weighted by atomic mass is 127. The van der Waals surface area contributed by atoms with Crippen LogP contribution in [0.3, 0.4) is 0 Å². The third-order valence-corrected chi connectivity index (χ3v) is 3.85. The summed E-state index contributed by atoms with van der Waals surface area (Å²) >= 11 is 0. The maximum Gasteiger partial charge on any atom is 0.216 e. The average Bonchev–Trinajstić information content (AvgIpc) is 3.27. The van der Waals surface area contributed by atoms with Crippen molar-refractivity contribution >= 4 is 29.9 Å². The maximum atomic E-state index is 5.28. The Morgan fingerprint density at radius 2 is 2.26 bits per heavy atom. The van der Waals surface area contributed by atoms with Crippen LogP contribution >= 0.6 is 24.0 Å². The highest BCUT2D eigenvalue weighted by molar-refractivity contribution is 14.0. The molecular weight excluding hydrogens is 407 g/mol. The minimum atomic E-state index is 0. The van der Waals surface area contributed by atoms with Gasteiger partial charge >= 0.3 is 0 Å². The van der Waals surface area contributed by atoms with Gasteiger partial charge in [-0.25, -0.2) is 4.98 Å². The van der Waals surface area contributed by atoms with Crippen LogP contribution in [0.2, 0.25) is 0 Å². The summed E-state index contributed by atoms with van der Waals surface area (Å²) in [6, 6.07) is 4.23. The maximum absolute atomic E-state index is 5.28. The van der Waals surface area contributed by atoms with Gasteiger partial charge in [-0.05, 0) is 25.0 Å². The minimum absolute atomic E-state index is 0.